The molecule has 0 unspecified atom stereocenters. The molecule has 3 heterocycles. The molecule has 3 rings (SSSR count). The maximum Gasteiger partial charge on any atom is 0.222 e. The molecule has 0 aliphatic rings. The molecule has 0 aliphatic heterocycles. The van der Waals surface area contributed by atoms with Crippen LogP contribution in [0.5, 0.6) is 0 Å². The molecule has 0 saturated carbocycles. The number of hydrogen-bond acceptors (Lipinski definition) is 8. The van der Waals surface area contributed by atoms with E-state index in [-0.39, 0.29) is 0 Å². The Hall–Kier alpha value is -2.36. The number of thioether (sulfide) groups is 1. The Morgan fingerprint density at radius 3 is 2.81 bits per heavy atom. The van der Waals surface area contributed by atoms with Crippen LogP contribution in [0, 0.1) is 0 Å². The van der Waals surface area contributed by atoms with Gasteiger partial charge in [-0.2, -0.15) is 0 Å². The van der Waals surface area contributed by atoms with Crippen molar-refractivity contribution in [1.29, 1.82) is 0 Å². The third-order valence-electron chi connectivity index (χ3n) is 3.07. The van der Waals surface area contributed by atoms with Gasteiger partial charge in [0.2, 0.25) is 5.95 Å². The van der Waals surface area contributed by atoms with Crippen molar-refractivity contribution >= 4 is 34.7 Å². The molecule has 0 aliphatic carbocycles. The number of imidazole rings is 1. The lowest BCUT2D eigenvalue weighted by Crippen LogP contribution is -2.01. The Balaban J connectivity index is 1.60. The SMILES string of the molecule is Cn1c(N)nnc1SCCCn1cnc2c(N)ncnc21. The number of fused-ring (bicyclic) bond motifs is 1. The molecule has 110 valence electrons. The summed E-state index contributed by atoms with van der Waals surface area (Å²) in [6.45, 7) is 0.799. The number of nitrogens with two attached hydrogens (primary N) is 2. The van der Waals surface area contributed by atoms with Crippen LogP contribution in [0.25, 0.3) is 11.2 Å². The first-order valence-corrected chi connectivity index (χ1v) is 7.34. The predicted octanol–water partition coefficient (Wildman–Crippen LogP) is 0.302. The van der Waals surface area contributed by atoms with Crippen molar-refractivity contribution in [3.63, 3.8) is 0 Å². The molecular weight excluding hydrogens is 290 g/mol. The van der Waals surface area contributed by atoms with E-state index in [2.05, 4.69) is 25.1 Å². The highest BCUT2D eigenvalue weighted by Crippen LogP contribution is 2.19. The van der Waals surface area contributed by atoms with Gasteiger partial charge in [0.25, 0.3) is 0 Å². The average molecular weight is 305 g/mol. The van der Waals surface area contributed by atoms with Gasteiger partial charge in [0.15, 0.2) is 16.6 Å². The van der Waals surface area contributed by atoms with Gasteiger partial charge in [-0.3, -0.25) is 4.57 Å². The minimum Gasteiger partial charge on any atom is -0.382 e. The minimum atomic E-state index is 0.405. The molecular formula is C11H15N9S. The Labute approximate surface area is 124 Å². The summed E-state index contributed by atoms with van der Waals surface area (Å²) in [7, 11) is 1.85. The van der Waals surface area contributed by atoms with Gasteiger partial charge in [-0.1, -0.05) is 11.8 Å². The second-order valence-corrected chi connectivity index (χ2v) is 5.53. The normalized spacial score (nSPS) is 11.3. The van der Waals surface area contributed by atoms with Gasteiger partial charge in [0, 0.05) is 19.3 Å². The zero-order valence-electron chi connectivity index (χ0n) is 11.5. The van der Waals surface area contributed by atoms with Crippen LogP contribution in [0.3, 0.4) is 0 Å². The molecule has 4 N–H and O–H groups in total. The molecule has 10 heteroatoms. The molecule has 9 nitrogen and oxygen atoms in total. The van der Waals surface area contributed by atoms with Gasteiger partial charge in [-0.25, -0.2) is 15.0 Å². The van der Waals surface area contributed by atoms with Crippen LogP contribution in [0.15, 0.2) is 17.8 Å². The Bertz CT molecular complexity index is 762. The second kappa shape index (κ2) is 5.56. The highest BCUT2D eigenvalue weighted by atomic mass is 32.2. The van der Waals surface area contributed by atoms with Crippen LogP contribution >= 0.6 is 11.8 Å². The number of anilines is 2. The van der Waals surface area contributed by atoms with Crippen LogP contribution in [0.1, 0.15) is 6.42 Å². The molecule has 21 heavy (non-hydrogen) atoms. The zero-order valence-corrected chi connectivity index (χ0v) is 12.3. The van der Waals surface area contributed by atoms with Gasteiger partial charge < -0.3 is 16.0 Å². The molecule has 0 aromatic carbocycles. The molecule has 0 fully saturated rings. The summed E-state index contributed by atoms with van der Waals surface area (Å²) >= 11 is 1.62. The first-order valence-electron chi connectivity index (χ1n) is 6.36. The molecule has 3 aromatic heterocycles. The van der Waals surface area contributed by atoms with Crippen molar-refractivity contribution in [2.75, 3.05) is 17.2 Å². The topological polar surface area (TPSA) is 126 Å². The molecule has 0 amide bonds. The fraction of sp³-hybridized carbons (Fsp3) is 0.364. The van der Waals surface area contributed by atoms with Gasteiger partial charge in [-0.05, 0) is 6.42 Å². The minimum absolute atomic E-state index is 0.405. The molecule has 0 bridgehead atoms. The molecule has 0 radical (unpaired) electrons. The van der Waals surface area contributed by atoms with E-state index in [1.165, 1.54) is 6.33 Å². The van der Waals surface area contributed by atoms with E-state index < -0.39 is 0 Å². The molecule has 0 atom stereocenters. The predicted molar refractivity (Wildman–Crippen MR) is 80.5 cm³/mol. The number of hydrogen-bond donors (Lipinski definition) is 2. The van der Waals surface area contributed by atoms with Crippen LogP contribution in [-0.4, -0.2) is 40.0 Å². The van der Waals surface area contributed by atoms with Crippen LogP contribution in [0.2, 0.25) is 0 Å². The first kappa shape index (κ1) is 13.6. The van der Waals surface area contributed by atoms with Crippen molar-refractivity contribution < 1.29 is 0 Å². The number of nitrogen functional groups attached to an aromatic ring is 2. The number of nitrogens with zero attached hydrogens (tertiary/aromatic N) is 7. The number of aryl methyl sites for hydroxylation is 1. The van der Waals surface area contributed by atoms with Crippen LogP contribution in [0.4, 0.5) is 11.8 Å². The fourth-order valence-corrected chi connectivity index (χ4v) is 2.75. The van der Waals surface area contributed by atoms with Crippen molar-refractivity contribution in [2.24, 2.45) is 7.05 Å². The molecule has 0 saturated heterocycles. The van der Waals surface area contributed by atoms with E-state index in [9.17, 15) is 0 Å². The number of rotatable bonds is 5. The highest BCUT2D eigenvalue weighted by molar-refractivity contribution is 7.99. The standard InChI is InChI=1S/C11H15N9S/c1-19-10(13)17-18-11(19)21-4-2-3-20-6-16-7-8(12)14-5-15-9(7)20/h5-6H,2-4H2,1H3,(H2,13,17)(H2,12,14,15). The lowest BCUT2D eigenvalue weighted by Gasteiger charge is -2.04. The third kappa shape index (κ3) is 2.61. The summed E-state index contributed by atoms with van der Waals surface area (Å²) in [6, 6.07) is 0. The first-order chi connectivity index (χ1) is 10.2. The maximum absolute atomic E-state index is 5.76. The lowest BCUT2D eigenvalue weighted by molar-refractivity contribution is 0.694. The van der Waals surface area contributed by atoms with E-state index in [1.807, 2.05) is 11.6 Å². The fourth-order valence-electron chi connectivity index (χ4n) is 1.91. The van der Waals surface area contributed by atoms with Gasteiger partial charge in [0.1, 0.15) is 11.8 Å². The van der Waals surface area contributed by atoms with E-state index in [0.717, 1.165) is 29.5 Å². The van der Waals surface area contributed by atoms with E-state index in [0.29, 0.717) is 17.3 Å². The molecule has 0 spiro atoms. The zero-order chi connectivity index (χ0) is 14.8. The van der Waals surface area contributed by atoms with E-state index >= 15 is 0 Å². The van der Waals surface area contributed by atoms with Crippen LogP contribution in [-0.2, 0) is 13.6 Å². The van der Waals surface area contributed by atoms with Gasteiger partial charge in [0.05, 0.1) is 6.33 Å². The highest BCUT2D eigenvalue weighted by Gasteiger charge is 2.08. The summed E-state index contributed by atoms with van der Waals surface area (Å²) in [5.41, 5.74) is 12.8. The van der Waals surface area contributed by atoms with Crippen molar-refractivity contribution in [2.45, 2.75) is 18.1 Å². The monoisotopic (exact) mass is 305 g/mol. The Kier molecular flexibility index (Phi) is 3.60. The van der Waals surface area contributed by atoms with Crippen molar-refractivity contribution in [3.05, 3.63) is 12.7 Å². The van der Waals surface area contributed by atoms with Crippen molar-refractivity contribution in [3.8, 4) is 0 Å². The Morgan fingerprint density at radius 2 is 2.05 bits per heavy atom. The summed E-state index contributed by atoms with van der Waals surface area (Å²) in [5, 5.41) is 8.64. The van der Waals surface area contributed by atoms with Crippen molar-refractivity contribution in [1.82, 2.24) is 34.3 Å². The summed E-state index contributed by atoms with van der Waals surface area (Å²) in [6.07, 6.45) is 4.13. The number of aromatic nitrogens is 7. The quantitative estimate of drug-likeness (QED) is 0.509. The largest absolute Gasteiger partial charge is 0.382 e. The third-order valence-corrected chi connectivity index (χ3v) is 4.18. The molecule has 3 aromatic rings. The van der Waals surface area contributed by atoms with Gasteiger partial charge >= 0.3 is 0 Å². The van der Waals surface area contributed by atoms with E-state index in [1.54, 1.807) is 22.7 Å². The second-order valence-electron chi connectivity index (χ2n) is 4.47. The summed E-state index contributed by atoms with van der Waals surface area (Å²) < 4.78 is 3.74. The average Bonchev–Trinajstić information content (AvgIpc) is 3.03. The van der Waals surface area contributed by atoms with E-state index in [4.69, 9.17) is 11.5 Å². The lowest BCUT2D eigenvalue weighted by atomic mass is 10.4. The smallest absolute Gasteiger partial charge is 0.222 e. The maximum atomic E-state index is 5.76. The Morgan fingerprint density at radius 1 is 1.19 bits per heavy atom. The van der Waals surface area contributed by atoms with Gasteiger partial charge in [-0.15, -0.1) is 10.2 Å². The summed E-state index contributed by atoms with van der Waals surface area (Å²) in [5.74, 6) is 1.72. The summed E-state index contributed by atoms with van der Waals surface area (Å²) in [4.78, 5) is 12.4. The van der Waals surface area contributed by atoms with Crippen LogP contribution < -0.4 is 11.5 Å².